The van der Waals surface area contributed by atoms with Gasteiger partial charge in [0.05, 0.1) is 12.6 Å². The first-order valence-corrected chi connectivity index (χ1v) is 6.65. The molecule has 1 amide bonds. The standard InChI is InChI=1S/C15H24N2O2/c1-11(2)14(10-19-3)17-15(18)9-6-12-4-7-13(16)8-5-12/h4-5,7-8,11,14H,6,9-10,16H2,1-3H3,(H,17,18). The largest absolute Gasteiger partial charge is 0.399 e. The summed E-state index contributed by atoms with van der Waals surface area (Å²) in [6.07, 6.45) is 1.21. The van der Waals surface area contributed by atoms with Crippen molar-refractivity contribution in [3.63, 3.8) is 0 Å². The molecule has 4 nitrogen and oxygen atoms in total. The van der Waals surface area contributed by atoms with Gasteiger partial charge in [-0.2, -0.15) is 0 Å². The molecule has 1 aromatic carbocycles. The predicted molar refractivity (Wildman–Crippen MR) is 77.8 cm³/mol. The first-order valence-electron chi connectivity index (χ1n) is 6.65. The zero-order valence-corrected chi connectivity index (χ0v) is 12.0. The van der Waals surface area contributed by atoms with Crippen molar-refractivity contribution in [1.29, 1.82) is 0 Å². The number of nitrogens with two attached hydrogens (primary N) is 1. The van der Waals surface area contributed by atoms with Gasteiger partial charge in [-0.3, -0.25) is 4.79 Å². The van der Waals surface area contributed by atoms with Gasteiger partial charge in [-0.05, 0) is 30.0 Å². The third-order valence-corrected chi connectivity index (χ3v) is 3.12. The van der Waals surface area contributed by atoms with Crippen LogP contribution in [-0.2, 0) is 16.0 Å². The molecular weight excluding hydrogens is 240 g/mol. The monoisotopic (exact) mass is 264 g/mol. The van der Waals surface area contributed by atoms with Crippen molar-refractivity contribution in [2.24, 2.45) is 5.92 Å². The second-order valence-electron chi connectivity index (χ2n) is 5.11. The number of aryl methyl sites for hydroxylation is 1. The Labute approximate surface area is 115 Å². The molecule has 0 saturated carbocycles. The highest BCUT2D eigenvalue weighted by molar-refractivity contribution is 5.76. The topological polar surface area (TPSA) is 64.3 Å². The van der Waals surface area contributed by atoms with Crippen molar-refractivity contribution in [2.75, 3.05) is 19.5 Å². The summed E-state index contributed by atoms with van der Waals surface area (Å²) in [6.45, 7) is 4.69. The number of hydrogen-bond donors (Lipinski definition) is 2. The molecule has 1 aromatic rings. The van der Waals surface area contributed by atoms with Crippen LogP contribution in [0.15, 0.2) is 24.3 Å². The summed E-state index contributed by atoms with van der Waals surface area (Å²) in [5.74, 6) is 0.424. The second-order valence-corrected chi connectivity index (χ2v) is 5.11. The number of rotatable bonds is 7. The van der Waals surface area contributed by atoms with Crippen LogP contribution in [0.4, 0.5) is 5.69 Å². The molecule has 0 aliphatic carbocycles. The Kier molecular flexibility index (Phi) is 6.36. The van der Waals surface area contributed by atoms with E-state index in [1.54, 1.807) is 7.11 Å². The third-order valence-electron chi connectivity index (χ3n) is 3.12. The van der Waals surface area contributed by atoms with Gasteiger partial charge in [0.2, 0.25) is 5.91 Å². The van der Waals surface area contributed by atoms with E-state index in [2.05, 4.69) is 19.2 Å². The smallest absolute Gasteiger partial charge is 0.220 e. The average Bonchev–Trinajstić information content (AvgIpc) is 2.37. The van der Waals surface area contributed by atoms with Crippen molar-refractivity contribution < 1.29 is 9.53 Å². The summed E-state index contributed by atoms with van der Waals surface area (Å²) < 4.78 is 5.11. The lowest BCUT2D eigenvalue weighted by atomic mass is 10.0. The summed E-state index contributed by atoms with van der Waals surface area (Å²) in [5.41, 5.74) is 7.49. The van der Waals surface area contributed by atoms with Crippen molar-refractivity contribution in [3.05, 3.63) is 29.8 Å². The number of anilines is 1. The molecule has 0 bridgehead atoms. The molecule has 0 radical (unpaired) electrons. The summed E-state index contributed by atoms with van der Waals surface area (Å²) >= 11 is 0. The molecule has 19 heavy (non-hydrogen) atoms. The Bertz CT molecular complexity index is 388. The summed E-state index contributed by atoms with van der Waals surface area (Å²) in [6, 6.07) is 7.70. The van der Waals surface area contributed by atoms with Crippen LogP contribution < -0.4 is 11.1 Å². The fraction of sp³-hybridized carbons (Fsp3) is 0.533. The average molecular weight is 264 g/mol. The first-order chi connectivity index (χ1) is 9.02. The normalized spacial score (nSPS) is 12.4. The number of nitrogens with one attached hydrogen (secondary N) is 1. The van der Waals surface area contributed by atoms with Gasteiger partial charge in [0.25, 0.3) is 0 Å². The van der Waals surface area contributed by atoms with Crippen LogP contribution >= 0.6 is 0 Å². The van der Waals surface area contributed by atoms with E-state index in [0.29, 0.717) is 18.9 Å². The number of nitrogen functional groups attached to an aromatic ring is 1. The van der Waals surface area contributed by atoms with Crippen LogP contribution in [-0.4, -0.2) is 25.7 Å². The van der Waals surface area contributed by atoms with Crippen molar-refractivity contribution in [1.82, 2.24) is 5.32 Å². The van der Waals surface area contributed by atoms with Gasteiger partial charge < -0.3 is 15.8 Å². The van der Waals surface area contributed by atoms with Crippen molar-refractivity contribution in [2.45, 2.75) is 32.7 Å². The van der Waals surface area contributed by atoms with Crippen LogP contribution in [0.2, 0.25) is 0 Å². The number of amides is 1. The molecule has 1 atom stereocenters. The molecule has 0 fully saturated rings. The number of hydrogen-bond acceptors (Lipinski definition) is 3. The Hall–Kier alpha value is -1.55. The number of carbonyl (C=O) groups excluding carboxylic acids is 1. The van der Waals surface area contributed by atoms with Crippen LogP contribution in [0.25, 0.3) is 0 Å². The highest BCUT2D eigenvalue weighted by Gasteiger charge is 2.15. The minimum atomic E-state index is 0.0626. The van der Waals surface area contributed by atoms with Gasteiger partial charge in [0.15, 0.2) is 0 Å². The van der Waals surface area contributed by atoms with Crippen molar-refractivity contribution in [3.8, 4) is 0 Å². The van der Waals surface area contributed by atoms with E-state index in [9.17, 15) is 4.79 Å². The maximum atomic E-state index is 11.9. The lowest BCUT2D eigenvalue weighted by molar-refractivity contribution is -0.122. The van der Waals surface area contributed by atoms with E-state index in [4.69, 9.17) is 10.5 Å². The number of ether oxygens (including phenoxy) is 1. The zero-order chi connectivity index (χ0) is 14.3. The van der Waals surface area contributed by atoms with Gasteiger partial charge in [0, 0.05) is 19.2 Å². The first kappa shape index (κ1) is 15.5. The fourth-order valence-corrected chi connectivity index (χ4v) is 1.80. The van der Waals surface area contributed by atoms with Gasteiger partial charge in [-0.15, -0.1) is 0 Å². The molecule has 1 unspecified atom stereocenters. The lowest BCUT2D eigenvalue weighted by Crippen LogP contribution is -2.41. The molecule has 0 spiro atoms. The van der Waals surface area contributed by atoms with Gasteiger partial charge >= 0.3 is 0 Å². The molecular formula is C15H24N2O2. The number of carbonyl (C=O) groups is 1. The molecule has 0 aliphatic heterocycles. The SMILES string of the molecule is COCC(NC(=O)CCc1ccc(N)cc1)C(C)C. The van der Waals surface area contributed by atoms with E-state index in [1.807, 2.05) is 24.3 Å². The Morgan fingerprint density at radius 3 is 2.47 bits per heavy atom. The van der Waals surface area contributed by atoms with Crippen LogP contribution in [0.3, 0.4) is 0 Å². The van der Waals surface area contributed by atoms with Crippen LogP contribution in [0.5, 0.6) is 0 Å². The highest BCUT2D eigenvalue weighted by Crippen LogP contribution is 2.08. The van der Waals surface area contributed by atoms with E-state index >= 15 is 0 Å². The quantitative estimate of drug-likeness (QED) is 0.740. The molecule has 4 heteroatoms. The second kappa shape index (κ2) is 7.79. The van der Waals surface area contributed by atoms with Gasteiger partial charge in [-0.25, -0.2) is 0 Å². The lowest BCUT2D eigenvalue weighted by Gasteiger charge is -2.21. The molecule has 0 aliphatic rings. The summed E-state index contributed by atoms with van der Waals surface area (Å²) in [4.78, 5) is 11.9. The third kappa shape index (κ3) is 5.75. The van der Waals surface area contributed by atoms with E-state index in [1.165, 1.54) is 0 Å². The Morgan fingerprint density at radius 1 is 1.32 bits per heavy atom. The minimum absolute atomic E-state index is 0.0626. The molecule has 3 N–H and O–H groups in total. The molecule has 0 aromatic heterocycles. The van der Waals surface area contributed by atoms with Gasteiger partial charge in [0.1, 0.15) is 0 Å². The maximum absolute atomic E-state index is 11.9. The Morgan fingerprint density at radius 2 is 1.95 bits per heavy atom. The predicted octanol–water partition coefficient (Wildman–Crippen LogP) is 1.99. The number of benzene rings is 1. The van der Waals surface area contributed by atoms with Crippen LogP contribution in [0.1, 0.15) is 25.8 Å². The number of methoxy groups -OCH3 is 1. The minimum Gasteiger partial charge on any atom is -0.399 e. The molecule has 1 rings (SSSR count). The zero-order valence-electron chi connectivity index (χ0n) is 12.0. The highest BCUT2D eigenvalue weighted by atomic mass is 16.5. The molecule has 0 saturated heterocycles. The fourth-order valence-electron chi connectivity index (χ4n) is 1.80. The van der Waals surface area contributed by atoms with Crippen molar-refractivity contribution >= 4 is 11.6 Å². The summed E-state index contributed by atoms with van der Waals surface area (Å²) in [5, 5.41) is 3.01. The van der Waals surface area contributed by atoms with Gasteiger partial charge in [-0.1, -0.05) is 26.0 Å². The summed E-state index contributed by atoms with van der Waals surface area (Å²) in [7, 11) is 1.65. The maximum Gasteiger partial charge on any atom is 0.220 e. The molecule has 0 heterocycles. The van der Waals surface area contributed by atoms with Crippen LogP contribution in [0, 0.1) is 5.92 Å². The van der Waals surface area contributed by atoms with E-state index in [-0.39, 0.29) is 11.9 Å². The Balaban J connectivity index is 2.40. The van der Waals surface area contributed by atoms with E-state index in [0.717, 1.165) is 17.7 Å². The molecule has 106 valence electrons. The van der Waals surface area contributed by atoms with E-state index < -0.39 is 0 Å².